The van der Waals surface area contributed by atoms with Gasteiger partial charge in [0.15, 0.2) is 5.96 Å². The van der Waals surface area contributed by atoms with E-state index in [0.717, 1.165) is 24.5 Å². The lowest BCUT2D eigenvalue weighted by atomic mass is 10.1. The summed E-state index contributed by atoms with van der Waals surface area (Å²) in [6.45, 7) is 10.1. The first kappa shape index (κ1) is 16.3. The monoisotopic (exact) mass is 277 g/mol. The third kappa shape index (κ3) is 5.95. The number of phenolic OH excluding ortho intramolecular Hbond substituents is 1. The van der Waals surface area contributed by atoms with Crippen molar-refractivity contribution >= 4 is 5.96 Å². The highest BCUT2D eigenvalue weighted by Crippen LogP contribution is 2.11. The van der Waals surface area contributed by atoms with Crippen molar-refractivity contribution in [3.63, 3.8) is 0 Å². The zero-order chi connectivity index (χ0) is 15.0. The molecule has 0 aliphatic carbocycles. The van der Waals surface area contributed by atoms with Crippen LogP contribution in [0.3, 0.4) is 0 Å². The maximum absolute atomic E-state index is 9.43. The molecule has 0 aromatic heterocycles. The second-order valence-corrected chi connectivity index (χ2v) is 5.36. The Kier molecular flexibility index (Phi) is 6.91. The van der Waals surface area contributed by atoms with E-state index >= 15 is 0 Å². The van der Waals surface area contributed by atoms with Crippen LogP contribution >= 0.6 is 0 Å². The molecule has 0 saturated heterocycles. The standard InChI is InChI=1S/C16H27N3O/c1-5-17-16(19-13(4)12(2)3)18-10-9-14-7-6-8-15(20)11-14/h6-8,11-13,20H,5,9-10H2,1-4H3,(H2,17,18,19). The van der Waals surface area contributed by atoms with Crippen molar-refractivity contribution in [3.8, 4) is 5.75 Å². The van der Waals surface area contributed by atoms with Crippen LogP contribution in [0.2, 0.25) is 0 Å². The van der Waals surface area contributed by atoms with E-state index in [1.165, 1.54) is 0 Å². The predicted octanol–water partition coefficient (Wildman–Crippen LogP) is 2.53. The lowest BCUT2D eigenvalue weighted by Gasteiger charge is -2.20. The first-order valence-corrected chi connectivity index (χ1v) is 7.35. The maximum atomic E-state index is 9.43. The van der Waals surface area contributed by atoms with Crippen LogP contribution in [-0.2, 0) is 6.42 Å². The molecule has 0 saturated carbocycles. The molecule has 0 amide bonds. The molecule has 0 radical (unpaired) electrons. The zero-order valence-electron chi connectivity index (χ0n) is 13.0. The molecule has 3 N–H and O–H groups in total. The van der Waals surface area contributed by atoms with E-state index in [1.54, 1.807) is 12.1 Å². The molecule has 4 heteroatoms. The van der Waals surface area contributed by atoms with Gasteiger partial charge >= 0.3 is 0 Å². The number of guanidine groups is 1. The zero-order valence-corrected chi connectivity index (χ0v) is 13.0. The molecule has 20 heavy (non-hydrogen) atoms. The van der Waals surface area contributed by atoms with Crippen LogP contribution < -0.4 is 10.6 Å². The minimum Gasteiger partial charge on any atom is -0.508 e. The van der Waals surface area contributed by atoms with Gasteiger partial charge in [-0.05, 0) is 43.9 Å². The SMILES string of the molecule is CCNC(=NCCc1cccc(O)c1)NC(C)C(C)C. The fraction of sp³-hybridized carbons (Fsp3) is 0.562. The van der Waals surface area contributed by atoms with E-state index < -0.39 is 0 Å². The Morgan fingerprint density at radius 1 is 1.30 bits per heavy atom. The molecule has 112 valence electrons. The van der Waals surface area contributed by atoms with Crippen molar-refractivity contribution in [3.05, 3.63) is 29.8 Å². The number of nitrogens with zero attached hydrogens (tertiary/aromatic N) is 1. The first-order chi connectivity index (χ1) is 9.52. The average molecular weight is 277 g/mol. The molecule has 1 atom stereocenters. The Morgan fingerprint density at radius 2 is 2.05 bits per heavy atom. The molecule has 0 aliphatic rings. The number of benzene rings is 1. The highest BCUT2D eigenvalue weighted by molar-refractivity contribution is 5.80. The van der Waals surface area contributed by atoms with E-state index in [4.69, 9.17) is 0 Å². The van der Waals surface area contributed by atoms with E-state index in [0.29, 0.717) is 24.3 Å². The molecule has 0 heterocycles. The largest absolute Gasteiger partial charge is 0.508 e. The summed E-state index contributed by atoms with van der Waals surface area (Å²) in [6.07, 6.45) is 0.820. The Morgan fingerprint density at radius 3 is 2.65 bits per heavy atom. The Labute approximate surface area is 122 Å². The van der Waals surface area contributed by atoms with Gasteiger partial charge in [0.05, 0.1) is 0 Å². The second-order valence-electron chi connectivity index (χ2n) is 5.36. The normalized spacial score (nSPS) is 13.3. The third-order valence-corrected chi connectivity index (χ3v) is 3.29. The number of rotatable bonds is 6. The number of hydrogen-bond donors (Lipinski definition) is 3. The van der Waals surface area contributed by atoms with Gasteiger partial charge in [0, 0.05) is 19.1 Å². The fourth-order valence-electron chi connectivity index (χ4n) is 1.71. The summed E-state index contributed by atoms with van der Waals surface area (Å²) in [5.74, 6) is 1.73. The summed E-state index contributed by atoms with van der Waals surface area (Å²) >= 11 is 0. The van der Waals surface area contributed by atoms with Crippen molar-refractivity contribution in [2.75, 3.05) is 13.1 Å². The van der Waals surface area contributed by atoms with E-state index in [2.05, 4.69) is 43.3 Å². The van der Waals surface area contributed by atoms with Crippen LogP contribution in [0.4, 0.5) is 0 Å². The number of aromatic hydroxyl groups is 1. The minimum atomic E-state index is 0.310. The predicted molar refractivity (Wildman–Crippen MR) is 85.2 cm³/mol. The van der Waals surface area contributed by atoms with E-state index in [9.17, 15) is 5.11 Å². The Bertz CT molecular complexity index is 429. The summed E-state index contributed by atoms with van der Waals surface area (Å²) in [6, 6.07) is 7.72. The summed E-state index contributed by atoms with van der Waals surface area (Å²) in [5.41, 5.74) is 1.10. The molecule has 1 aromatic carbocycles. The third-order valence-electron chi connectivity index (χ3n) is 3.29. The van der Waals surface area contributed by atoms with Gasteiger partial charge in [0.1, 0.15) is 5.75 Å². The van der Waals surface area contributed by atoms with Gasteiger partial charge in [0.25, 0.3) is 0 Å². The van der Waals surface area contributed by atoms with Crippen LogP contribution in [0, 0.1) is 5.92 Å². The molecule has 1 aromatic rings. The molecule has 1 rings (SSSR count). The van der Waals surface area contributed by atoms with Crippen LogP contribution in [0.5, 0.6) is 5.75 Å². The summed E-state index contributed by atoms with van der Waals surface area (Å²) in [4.78, 5) is 4.57. The Hall–Kier alpha value is -1.71. The fourth-order valence-corrected chi connectivity index (χ4v) is 1.71. The highest BCUT2D eigenvalue weighted by Gasteiger charge is 2.08. The topological polar surface area (TPSA) is 56.7 Å². The van der Waals surface area contributed by atoms with Crippen LogP contribution in [-0.4, -0.2) is 30.2 Å². The minimum absolute atomic E-state index is 0.310. The quantitative estimate of drug-likeness (QED) is 0.553. The van der Waals surface area contributed by atoms with E-state index in [-0.39, 0.29) is 0 Å². The Balaban J connectivity index is 2.54. The lowest BCUT2D eigenvalue weighted by molar-refractivity contribution is 0.474. The number of hydrogen-bond acceptors (Lipinski definition) is 2. The van der Waals surface area contributed by atoms with Crippen LogP contribution in [0.1, 0.15) is 33.3 Å². The lowest BCUT2D eigenvalue weighted by Crippen LogP contribution is -2.44. The van der Waals surface area contributed by atoms with Gasteiger partial charge in [-0.15, -0.1) is 0 Å². The molecule has 4 nitrogen and oxygen atoms in total. The summed E-state index contributed by atoms with van der Waals surface area (Å²) in [7, 11) is 0. The second kappa shape index (κ2) is 8.46. The highest BCUT2D eigenvalue weighted by atomic mass is 16.3. The molecule has 0 aliphatic heterocycles. The van der Waals surface area contributed by atoms with Gasteiger partial charge in [-0.25, -0.2) is 0 Å². The van der Waals surface area contributed by atoms with Gasteiger partial charge in [-0.2, -0.15) is 0 Å². The number of aliphatic imine (C=N–C) groups is 1. The van der Waals surface area contributed by atoms with Crippen LogP contribution in [0.15, 0.2) is 29.3 Å². The molecule has 1 unspecified atom stereocenters. The van der Waals surface area contributed by atoms with Crippen molar-refractivity contribution < 1.29 is 5.11 Å². The summed E-state index contributed by atoms with van der Waals surface area (Å²) < 4.78 is 0. The molecule has 0 bridgehead atoms. The first-order valence-electron chi connectivity index (χ1n) is 7.35. The van der Waals surface area contributed by atoms with Crippen molar-refractivity contribution in [2.24, 2.45) is 10.9 Å². The summed E-state index contributed by atoms with van der Waals surface area (Å²) in [5, 5.41) is 16.1. The molecular formula is C16H27N3O. The number of phenols is 1. The van der Waals surface area contributed by atoms with Crippen molar-refractivity contribution in [2.45, 2.75) is 40.2 Å². The molecule has 0 fully saturated rings. The smallest absolute Gasteiger partial charge is 0.191 e. The van der Waals surface area contributed by atoms with Crippen LogP contribution in [0.25, 0.3) is 0 Å². The maximum Gasteiger partial charge on any atom is 0.191 e. The van der Waals surface area contributed by atoms with Gasteiger partial charge in [-0.1, -0.05) is 26.0 Å². The van der Waals surface area contributed by atoms with Gasteiger partial charge < -0.3 is 15.7 Å². The number of nitrogens with one attached hydrogen (secondary N) is 2. The van der Waals surface area contributed by atoms with Crippen molar-refractivity contribution in [1.82, 2.24) is 10.6 Å². The van der Waals surface area contributed by atoms with Gasteiger partial charge in [-0.3, -0.25) is 4.99 Å². The molecule has 0 spiro atoms. The average Bonchev–Trinajstić information content (AvgIpc) is 2.38. The molecular weight excluding hydrogens is 250 g/mol. The van der Waals surface area contributed by atoms with Gasteiger partial charge in [0.2, 0.25) is 0 Å². The van der Waals surface area contributed by atoms with Crippen molar-refractivity contribution in [1.29, 1.82) is 0 Å². The van der Waals surface area contributed by atoms with E-state index in [1.807, 2.05) is 12.1 Å².